The summed E-state index contributed by atoms with van der Waals surface area (Å²) in [6.07, 6.45) is 11.4. The van der Waals surface area contributed by atoms with Crippen LogP contribution in [-0.4, -0.2) is 5.97 Å². The Morgan fingerprint density at radius 3 is 2.21 bits per heavy atom. The summed E-state index contributed by atoms with van der Waals surface area (Å²) in [6.45, 7) is 2.25. The molecule has 3 rings (SSSR count). The molecule has 0 radical (unpaired) electrons. The maximum atomic E-state index is 14.0. The Bertz CT molecular complexity index is 727. The first-order valence-electron chi connectivity index (χ1n) is 10.6. The lowest BCUT2D eigenvalue weighted by molar-refractivity contribution is -0.140. The van der Waals surface area contributed by atoms with E-state index in [9.17, 15) is 13.6 Å². The molecule has 0 atom stereocenters. The number of carbonyl (C=O) groups excluding carboxylic acids is 1. The Morgan fingerprint density at radius 2 is 1.64 bits per heavy atom. The van der Waals surface area contributed by atoms with Crippen molar-refractivity contribution in [1.29, 1.82) is 5.26 Å². The van der Waals surface area contributed by atoms with Crippen LogP contribution in [0, 0.1) is 46.6 Å². The molecule has 0 aromatic heterocycles. The van der Waals surface area contributed by atoms with Gasteiger partial charge in [-0.15, -0.1) is 0 Å². The largest absolute Gasteiger partial charge is 0.423 e. The van der Waals surface area contributed by atoms with E-state index in [1.54, 1.807) is 6.07 Å². The van der Waals surface area contributed by atoms with E-state index in [0.29, 0.717) is 5.92 Å². The lowest BCUT2D eigenvalue weighted by Gasteiger charge is -2.37. The molecule has 0 heterocycles. The maximum absolute atomic E-state index is 14.0. The molecule has 2 aliphatic carbocycles. The number of nitrogens with zero attached hydrogens (tertiary/aromatic N) is 1. The van der Waals surface area contributed by atoms with Crippen LogP contribution in [0.2, 0.25) is 0 Å². The fourth-order valence-corrected chi connectivity index (χ4v) is 5.07. The van der Waals surface area contributed by atoms with Crippen molar-refractivity contribution in [2.45, 2.75) is 71.1 Å². The van der Waals surface area contributed by atoms with E-state index < -0.39 is 28.9 Å². The highest BCUT2D eigenvalue weighted by atomic mass is 19.2. The molecule has 0 bridgehead atoms. The van der Waals surface area contributed by atoms with Crippen LogP contribution < -0.4 is 4.74 Å². The van der Waals surface area contributed by atoms with Crippen LogP contribution in [0.5, 0.6) is 5.75 Å². The van der Waals surface area contributed by atoms with E-state index in [1.807, 2.05) is 0 Å². The third kappa shape index (κ3) is 4.71. The monoisotopic (exact) mass is 389 g/mol. The molecular formula is C23H29F2NO2. The van der Waals surface area contributed by atoms with E-state index in [4.69, 9.17) is 10.00 Å². The summed E-state index contributed by atoms with van der Waals surface area (Å²) in [5.74, 6) is -1.38. The predicted molar refractivity (Wildman–Crippen MR) is 103 cm³/mol. The zero-order chi connectivity index (χ0) is 20.1. The first kappa shape index (κ1) is 20.8. The molecule has 0 N–H and O–H groups in total. The molecule has 152 valence electrons. The quantitative estimate of drug-likeness (QED) is 0.448. The molecule has 2 fully saturated rings. The second kappa shape index (κ2) is 9.49. The number of hydrogen-bond acceptors (Lipinski definition) is 3. The summed E-state index contributed by atoms with van der Waals surface area (Å²) in [7, 11) is 0. The second-order valence-electron chi connectivity index (χ2n) is 8.45. The zero-order valence-corrected chi connectivity index (χ0v) is 16.6. The number of carbonyl (C=O) groups is 1. The molecule has 0 spiro atoms. The van der Waals surface area contributed by atoms with Crippen molar-refractivity contribution in [2.24, 2.45) is 23.7 Å². The number of rotatable bonds is 5. The van der Waals surface area contributed by atoms with E-state index in [2.05, 4.69) is 6.92 Å². The highest BCUT2D eigenvalue weighted by molar-refractivity contribution is 5.75. The third-order valence-corrected chi connectivity index (χ3v) is 6.74. The van der Waals surface area contributed by atoms with Crippen molar-refractivity contribution in [3.63, 3.8) is 0 Å². The third-order valence-electron chi connectivity index (χ3n) is 6.74. The first-order chi connectivity index (χ1) is 13.5. The summed E-state index contributed by atoms with van der Waals surface area (Å²) in [5, 5.41) is 8.73. The van der Waals surface area contributed by atoms with Gasteiger partial charge in [-0.05, 0) is 68.4 Å². The number of esters is 1. The van der Waals surface area contributed by atoms with Crippen molar-refractivity contribution in [3.05, 3.63) is 29.3 Å². The number of nitriles is 1. The summed E-state index contributed by atoms with van der Waals surface area (Å²) in [5.41, 5.74) is -0.397. The van der Waals surface area contributed by atoms with Crippen LogP contribution in [0.25, 0.3) is 0 Å². The van der Waals surface area contributed by atoms with Crippen molar-refractivity contribution in [3.8, 4) is 11.8 Å². The minimum absolute atomic E-state index is 0.259. The van der Waals surface area contributed by atoms with Crippen LogP contribution in [0.4, 0.5) is 8.78 Å². The van der Waals surface area contributed by atoms with E-state index in [-0.39, 0.29) is 5.92 Å². The fraction of sp³-hybridized carbons (Fsp3) is 0.652. The molecule has 0 amide bonds. The van der Waals surface area contributed by atoms with Gasteiger partial charge in [-0.2, -0.15) is 9.65 Å². The smallest absolute Gasteiger partial charge is 0.314 e. The minimum Gasteiger partial charge on any atom is -0.423 e. The number of hydrogen-bond donors (Lipinski definition) is 0. The predicted octanol–water partition coefficient (Wildman–Crippen LogP) is 6.15. The SMILES string of the molecule is CCC[C@H]1CC[C@H]([C@H]2CC[C@H](C(=O)Oc3ccc(C#N)c(F)c3F)CC2)CC1. The van der Waals surface area contributed by atoms with Gasteiger partial charge in [-0.1, -0.05) is 32.6 Å². The van der Waals surface area contributed by atoms with Gasteiger partial charge in [0.1, 0.15) is 6.07 Å². The van der Waals surface area contributed by atoms with Crippen LogP contribution in [0.1, 0.15) is 76.7 Å². The molecule has 1 aromatic carbocycles. The second-order valence-corrected chi connectivity index (χ2v) is 8.45. The molecule has 0 aliphatic heterocycles. The topological polar surface area (TPSA) is 50.1 Å². The Morgan fingerprint density at radius 1 is 1.04 bits per heavy atom. The Kier molecular flexibility index (Phi) is 7.04. The standard InChI is InChI=1S/C23H29F2NO2/c1-2-3-15-4-6-16(7-5-15)17-8-10-18(11-9-17)23(27)28-20-13-12-19(14-26)21(24)22(20)25/h12-13,15-18H,2-11H2,1H3/t15-,16-,17-,18-. The molecule has 5 heteroatoms. The van der Waals surface area contributed by atoms with Gasteiger partial charge in [0.05, 0.1) is 11.5 Å². The molecule has 0 saturated heterocycles. The van der Waals surface area contributed by atoms with Crippen molar-refractivity contribution in [2.75, 3.05) is 0 Å². The van der Waals surface area contributed by atoms with Crippen molar-refractivity contribution < 1.29 is 18.3 Å². The maximum Gasteiger partial charge on any atom is 0.314 e. The van der Waals surface area contributed by atoms with Crippen LogP contribution in [0.3, 0.4) is 0 Å². The highest BCUT2D eigenvalue weighted by Gasteiger charge is 2.34. The Hall–Kier alpha value is -1.96. The lowest BCUT2D eigenvalue weighted by Crippen LogP contribution is -2.30. The van der Waals surface area contributed by atoms with Gasteiger partial charge in [0, 0.05) is 0 Å². The van der Waals surface area contributed by atoms with Crippen LogP contribution >= 0.6 is 0 Å². The minimum atomic E-state index is -1.27. The first-order valence-corrected chi connectivity index (χ1v) is 10.6. The summed E-state index contributed by atoms with van der Waals surface area (Å²) >= 11 is 0. The average Bonchev–Trinajstić information content (AvgIpc) is 2.72. The van der Waals surface area contributed by atoms with Crippen molar-refractivity contribution >= 4 is 5.97 Å². The van der Waals surface area contributed by atoms with Crippen LogP contribution in [-0.2, 0) is 4.79 Å². The molecule has 1 aromatic rings. The number of halogens is 2. The summed E-state index contributed by atoms with van der Waals surface area (Å²) in [4.78, 5) is 12.4. The normalized spacial score (nSPS) is 27.8. The lowest BCUT2D eigenvalue weighted by atomic mass is 9.69. The summed E-state index contributed by atoms with van der Waals surface area (Å²) in [6, 6.07) is 3.85. The van der Waals surface area contributed by atoms with E-state index >= 15 is 0 Å². The fourth-order valence-electron chi connectivity index (χ4n) is 5.07. The molecule has 3 nitrogen and oxygen atoms in total. The van der Waals surface area contributed by atoms with E-state index in [0.717, 1.165) is 49.7 Å². The molecule has 2 aliphatic rings. The highest BCUT2D eigenvalue weighted by Crippen LogP contribution is 2.42. The van der Waals surface area contributed by atoms with Gasteiger partial charge in [-0.25, -0.2) is 4.39 Å². The average molecular weight is 389 g/mol. The molecular weight excluding hydrogens is 360 g/mol. The van der Waals surface area contributed by atoms with Crippen molar-refractivity contribution in [1.82, 2.24) is 0 Å². The molecule has 28 heavy (non-hydrogen) atoms. The van der Waals surface area contributed by atoms with Gasteiger partial charge < -0.3 is 4.74 Å². The zero-order valence-electron chi connectivity index (χ0n) is 16.6. The van der Waals surface area contributed by atoms with Gasteiger partial charge >= 0.3 is 5.97 Å². The number of ether oxygens (including phenoxy) is 1. The van der Waals surface area contributed by atoms with Gasteiger partial charge in [0.2, 0.25) is 5.82 Å². The van der Waals surface area contributed by atoms with Gasteiger partial charge in [0.15, 0.2) is 11.6 Å². The van der Waals surface area contributed by atoms with Gasteiger partial charge in [-0.3, -0.25) is 4.79 Å². The van der Waals surface area contributed by atoms with E-state index in [1.165, 1.54) is 38.5 Å². The molecule has 0 unspecified atom stereocenters. The Balaban J connectivity index is 1.49. The Labute approximate surface area is 166 Å². The number of benzene rings is 1. The molecule has 2 saturated carbocycles. The van der Waals surface area contributed by atoms with Crippen LogP contribution in [0.15, 0.2) is 12.1 Å². The van der Waals surface area contributed by atoms with Gasteiger partial charge in [0.25, 0.3) is 0 Å². The summed E-state index contributed by atoms with van der Waals surface area (Å²) < 4.78 is 32.8.